The van der Waals surface area contributed by atoms with Crippen LogP contribution in [0.1, 0.15) is 17.2 Å². The van der Waals surface area contributed by atoms with Crippen LogP contribution in [0.25, 0.3) is 11.3 Å². The largest absolute Gasteiger partial charge is 0.493 e. The molecule has 1 aromatic heterocycles. The number of carbonyl (C=O) groups is 1. The molecular weight excluding hydrogens is 410 g/mol. The number of nitrogens with one attached hydrogen (secondary N) is 1. The number of methoxy groups -OCH3 is 2. The van der Waals surface area contributed by atoms with Gasteiger partial charge >= 0.3 is 0 Å². The molecule has 166 valence electrons. The third kappa shape index (κ3) is 4.65. The first-order valence-electron chi connectivity index (χ1n) is 10.4. The van der Waals surface area contributed by atoms with Crippen molar-refractivity contribution in [1.82, 2.24) is 15.1 Å². The second-order valence-corrected chi connectivity index (χ2v) is 7.40. The lowest BCUT2D eigenvalue weighted by Gasteiger charge is -2.26. The van der Waals surface area contributed by atoms with E-state index in [-0.39, 0.29) is 24.1 Å². The van der Waals surface area contributed by atoms with E-state index in [4.69, 9.17) is 14.2 Å². The van der Waals surface area contributed by atoms with Crippen LogP contribution in [0.4, 0.5) is 0 Å². The number of aromatic nitrogens is 2. The van der Waals surface area contributed by atoms with Gasteiger partial charge in [-0.25, -0.2) is 4.68 Å². The fourth-order valence-corrected chi connectivity index (χ4v) is 3.76. The molecule has 2 heterocycles. The zero-order valence-electron chi connectivity index (χ0n) is 18.0. The monoisotopic (exact) mass is 435 g/mol. The lowest BCUT2D eigenvalue weighted by molar-refractivity contribution is -0.122. The smallest absolute Gasteiger partial charge is 0.267 e. The van der Waals surface area contributed by atoms with Crippen molar-refractivity contribution in [3.05, 3.63) is 76.1 Å². The molecule has 4 rings (SSSR count). The minimum atomic E-state index is -0.358. The molecule has 1 aliphatic rings. The number of hydrogen-bond acceptors (Lipinski definition) is 6. The minimum absolute atomic E-state index is 0.186. The van der Waals surface area contributed by atoms with E-state index in [1.807, 2.05) is 24.3 Å². The van der Waals surface area contributed by atoms with Crippen LogP contribution >= 0.6 is 0 Å². The first kappa shape index (κ1) is 21.6. The van der Waals surface area contributed by atoms with Gasteiger partial charge in [0.15, 0.2) is 11.5 Å². The average molecular weight is 435 g/mol. The van der Waals surface area contributed by atoms with Crippen LogP contribution < -0.4 is 20.3 Å². The molecule has 0 radical (unpaired) electrons. The van der Waals surface area contributed by atoms with Crippen LogP contribution in [0.5, 0.6) is 11.5 Å². The van der Waals surface area contributed by atoms with Crippen molar-refractivity contribution in [2.45, 2.75) is 19.1 Å². The molecule has 8 heteroatoms. The Labute approximate surface area is 185 Å². The van der Waals surface area contributed by atoms with Gasteiger partial charge in [0.05, 0.1) is 26.5 Å². The third-order valence-corrected chi connectivity index (χ3v) is 5.42. The molecule has 8 nitrogen and oxygen atoms in total. The summed E-state index contributed by atoms with van der Waals surface area (Å²) in [7, 11) is 3.11. The Morgan fingerprint density at radius 1 is 1.12 bits per heavy atom. The Morgan fingerprint density at radius 3 is 2.75 bits per heavy atom. The number of benzene rings is 2. The summed E-state index contributed by atoms with van der Waals surface area (Å²) < 4.78 is 17.6. The van der Waals surface area contributed by atoms with Gasteiger partial charge in [0.25, 0.3) is 5.56 Å². The normalized spacial score (nSPS) is 15.0. The van der Waals surface area contributed by atoms with E-state index in [0.717, 1.165) is 22.2 Å². The molecule has 1 amide bonds. The summed E-state index contributed by atoms with van der Waals surface area (Å²) in [6.07, 6.45) is 0.662. The van der Waals surface area contributed by atoms with Gasteiger partial charge in [-0.15, -0.1) is 0 Å². The minimum Gasteiger partial charge on any atom is -0.493 e. The molecule has 1 aliphatic heterocycles. The molecule has 0 spiro atoms. The number of fused-ring (bicyclic) bond motifs is 1. The second kappa shape index (κ2) is 9.65. The zero-order chi connectivity index (χ0) is 22.5. The van der Waals surface area contributed by atoms with Crippen molar-refractivity contribution < 1.29 is 19.0 Å². The quantitative estimate of drug-likeness (QED) is 0.613. The highest BCUT2D eigenvalue weighted by Gasteiger charge is 2.21. The Bertz CT molecular complexity index is 1170. The van der Waals surface area contributed by atoms with Gasteiger partial charge in [-0.2, -0.15) is 5.10 Å². The first-order valence-corrected chi connectivity index (χ1v) is 10.4. The molecule has 1 unspecified atom stereocenters. The lowest BCUT2D eigenvalue weighted by Crippen LogP contribution is -2.36. The highest BCUT2D eigenvalue weighted by atomic mass is 16.5. The summed E-state index contributed by atoms with van der Waals surface area (Å²) in [5, 5.41) is 7.22. The third-order valence-electron chi connectivity index (χ3n) is 5.42. The van der Waals surface area contributed by atoms with Crippen molar-refractivity contribution in [2.75, 3.05) is 27.4 Å². The molecule has 0 fully saturated rings. The fraction of sp³-hybridized carbons (Fsp3) is 0.292. The van der Waals surface area contributed by atoms with Crippen LogP contribution in [0.15, 0.2) is 59.4 Å². The Balaban J connectivity index is 1.46. The van der Waals surface area contributed by atoms with Crippen LogP contribution in [0.3, 0.4) is 0 Å². The topological polar surface area (TPSA) is 91.7 Å². The van der Waals surface area contributed by atoms with Gasteiger partial charge < -0.3 is 19.5 Å². The molecule has 0 saturated carbocycles. The van der Waals surface area contributed by atoms with E-state index < -0.39 is 0 Å². The van der Waals surface area contributed by atoms with Crippen molar-refractivity contribution >= 4 is 5.91 Å². The van der Waals surface area contributed by atoms with E-state index in [2.05, 4.69) is 16.5 Å². The predicted octanol–water partition coefficient (Wildman–Crippen LogP) is 2.36. The van der Waals surface area contributed by atoms with Gasteiger partial charge in [-0.3, -0.25) is 9.59 Å². The molecule has 0 aliphatic carbocycles. The Morgan fingerprint density at radius 2 is 1.94 bits per heavy atom. The molecule has 1 atom stereocenters. The van der Waals surface area contributed by atoms with Crippen LogP contribution in [0, 0.1) is 0 Å². The van der Waals surface area contributed by atoms with Gasteiger partial charge in [0, 0.05) is 18.2 Å². The van der Waals surface area contributed by atoms with Crippen molar-refractivity contribution in [2.24, 2.45) is 0 Å². The number of ether oxygens (including phenoxy) is 3. The molecule has 1 N–H and O–H groups in total. The summed E-state index contributed by atoms with van der Waals surface area (Å²) >= 11 is 0. The highest BCUT2D eigenvalue weighted by Crippen LogP contribution is 2.31. The molecule has 0 bridgehead atoms. The maximum Gasteiger partial charge on any atom is 0.267 e. The first-order chi connectivity index (χ1) is 15.6. The van der Waals surface area contributed by atoms with Crippen LogP contribution in [-0.2, 0) is 22.5 Å². The summed E-state index contributed by atoms with van der Waals surface area (Å²) in [6.45, 7) is 0.764. The van der Waals surface area contributed by atoms with Crippen LogP contribution in [-0.4, -0.2) is 43.1 Å². The number of carbonyl (C=O) groups excluding carboxylic acids is 1. The molecule has 2 aromatic carbocycles. The van der Waals surface area contributed by atoms with E-state index in [9.17, 15) is 9.59 Å². The van der Waals surface area contributed by atoms with Crippen LogP contribution in [0.2, 0.25) is 0 Å². The number of rotatable bonds is 7. The van der Waals surface area contributed by atoms with Gasteiger partial charge in [0.1, 0.15) is 12.6 Å². The predicted molar refractivity (Wildman–Crippen MR) is 119 cm³/mol. The Kier molecular flexibility index (Phi) is 6.51. The number of nitrogens with zero attached hydrogens (tertiary/aromatic N) is 2. The maximum absolute atomic E-state index is 12.5. The molecule has 32 heavy (non-hydrogen) atoms. The van der Waals surface area contributed by atoms with Crippen molar-refractivity contribution in [3.63, 3.8) is 0 Å². The number of amides is 1. The van der Waals surface area contributed by atoms with Gasteiger partial charge in [-0.1, -0.05) is 24.3 Å². The molecule has 3 aromatic rings. The summed E-state index contributed by atoms with van der Waals surface area (Å²) in [5.74, 6) is 0.834. The van der Waals surface area contributed by atoms with E-state index in [1.54, 1.807) is 32.4 Å². The van der Waals surface area contributed by atoms with E-state index >= 15 is 0 Å². The van der Waals surface area contributed by atoms with Gasteiger partial charge in [0.2, 0.25) is 5.91 Å². The summed E-state index contributed by atoms with van der Waals surface area (Å²) in [6, 6.07) is 16.4. The maximum atomic E-state index is 12.5. The summed E-state index contributed by atoms with van der Waals surface area (Å²) in [5.41, 5.74) is 3.25. The summed E-state index contributed by atoms with van der Waals surface area (Å²) in [4.78, 5) is 24.8. The van der Waals surface area contributed by atoms with E-state index in [1.165, 1.54) is 11.6 Å². The van der Waals surface area contributed by atoms with Gasteiger partial charge in [-0.05, 0) is 41.8 Å². The number of hydrogen-bond donors (Lipinski definition) is 1. The average Bonchev–Trinajstić information content (AvgIpc) is 2.83. The lowest BCUT2D eigenvalue weighted by atomic mass is 9.97. The van der Waals surface area contributed by atoms with Crippen molar-refractivity contribution in [3.8, 4) is 22.8 Å². The zero-order valence-corrected chi connectivity index (χ0v) is 18.0. The molecular formula is C24H25N3O5. The highest BCUT2D eigenvalue weighted by molar-refractivity contribution is 5.75. The fourth-order valence-electron chi connectivity index (χ4n) is 3.76. The molecule has 0 saturated heterocycles. The van der Waals surface area contributed by atoms with Crippen molar-refractivity contribution in [1.29, 1.82) is 0 Å². The Hall–Kier alpha value is -3.65. The second-order valence-electron chi connectivity index (χ2n) is 7.40. The standard InChI is InChI=1S/C24H25N3O5/c1-30-20-9-7-17(13-21(20)31-2)19-8-10-24(29)27(26-19)15-23(28)25-14-22-18-6-4-3-5-16(18)11-12-32-22/h3-10,13,22H,11-12,14-15H2,1-2H3,(H,25,28). The van der Waals surface area contributed by atoms with E-state index in [0.29, 0.717) is 30.3 Å². The SMILES string of the molecule is COc1ccc(-c2ccc(=O)n(CC(=O)NCC3OCCc4ccccc43)n2)cc1OC.